The maximum atomic E-state index is 12.6. The van der Waals surface area contributed by atoms with Crippen LogP contribution in [0.5, 0.6) is 0 Å². The molecule has 1 fully saturated rings. The van der Waals surface area contributed by atoms with Gasteiger partial charge in [-0.05, 0) is 40.9 Å². The molecule has 0 bridgehead atoms. The van der Waals surface area contributed by atoms with Gasteiger partial charge in [0, 0.05) is 11.0 Å². The summed E-state index contributed by atoms with van der Waals surface area (Å²) in [7, 11) is -4.00. The zero-order valence-electron chi connectivity index (χ0n) is 10.3. The molecule has 2 rings (SSSR count). The number of nitrogens with zero attached hydrogens (tertiary/aromatic N) is 2. The van der Waals surface area contributed by atoms with Crippen molar-refractivity contribution in [1.82, 2.24) is 4.31 Å². The van der Waals surface area contributed by atoms with Gasteiger partial charge in [0.25, 0.3) is 0 Å². The highest BCUT2D eigenvalue weighted by Gasteiger charge is 2.40. The van der Waals surface area contributed by atoms with Crippen LogP contribution in [0.15, 0.2) is 27.6 Å². The number of nitriles is 1. The minimum atomic E-state index is -4.00. The Balaban J connectivity index is 2.54. The van der Waals surface area contributed by atoms with Gasteiger partial charge < -0.3 is 5.11 Å². The maximum Gasteiger partial charge on any atom is 0.322 e. The summed E-state index contributed by atoms with van der Waals surface area (Å²) < 4.78 is 26.5. The first-order chi connectivity index (χ1) is 9.39. The van der Waals surface area contributed by atoms with Crippen LogP contribution in [0.4, 0.5) is 0 Å². The Morgan fingerprint density at radius 3 is 2.80 bits per heavy atom. The maximum absolute atomic E-state index is 12.6. The van der Waals surface area contributed by atoms with E-state index in [1.807, 2.05) is 6.07 Å². The molecule has 1 N–H and O–H groups in total. The lowest BCUT2D eigenvalue weighted by Crippen LogP contribution is -2.40. The van der Waals surface area contributed by atoms with E-state index in [1.165, 1.54) is 12.1 Å². The van der Waals surface area contributed by atoms with E-state index in [0.717, 1.165) is 4.31 Å². The number of carboxylic acid groups (broad SMARTS) is 1. The summed E-state index contributed by atoms with van der Waals surface area (Å²) >= 11 is 3.13. The molecule has 0 unspecified atom stereocenters. The largest absolute Gasteiger partial charge is 0.480 e. The van der Waals surface area contributed by atoms with Gasteiger partial charge in [0.15, 0.2) is 0 Å². The van der Waals surface area contributed by atoms with Crippen molar-refractivity contribution in [2.45, 2.75) is 23.8 Å². The molecule has 1 aliphatic rings. The van der Waals surface area contributed by atoms with Gasteiger partial charge in [-0.2, -0.15) is 9.57 Å². The first-order valence-corrected chi connectivity index (χ1v) is 8.06. The topological polar surface area (TPSA) is 98.5 Å². The van der Waals surface area contributed by atoms with E-state index in [1.54, 1.807) is 6.07 Å². The first-order valence-electron chi connectivity index (χ1n) is 5.83. The van der Waals surface area contributed by atoms with Crippen LogP contribution in [0.25, 0.3) is 0 Å². The monoisotopic (exact) mass is 358 g/mol. The van der Waals surface area contributed by atoms with Gasteiger partial charge in [0.2, 0.25) is 10.0 Å². The number of carbonyl (C=O) groups is 1. The number of carboxylic acids is 1. The van der Waals surface area contributed by atoms with Crippen molar-refractivity contribution in [3.8, 4) is 6.07 Å². The fourth-order valence-corrected chi connectivity index (χ4v) is 4.63. The molecule has 6 nitrogen and oxygen atoms in total. The van der Waals surface area contributed by atoms with E-state index in [4.69, 9.17) is 10.4 Å². The number of sulfonamides is 1. The third-order valence-electron chi connectivity index (χ3n) is 3.16. The van der Waals surface area contributed by atoms with Gasteiger partial charge in [-0.3, -0.25) is 4.79 Å². The third-order valence-corrected chi connectivity index (χ3v) is 5.77. The summed E-state index contributed by atoms with van der Waals surface area (Å²) in [5, 5.41) is 18.2. The Hall–Kier alpha value is -1.43. The lowest BCUT2D eigenvalue weighted by Gasteiger charge is -2.21. The van der Waals surface area contributed by atoms with E-state index in [0.29, 0.717) is 10.9 Å². The minimum absolute atomic E-state index is 0.0106. The van der Waals surface area contributed by atoms with E-state index in [-0.39, 0.29) is 23.4 Å². The summed E-state index contributed by atoms with van der Waals surface area (Å²) in [5.41, 5.74) is -0.0106. The molecule has 0 aliphatic carbocycles. The molecule has 0 spiro atoms. The molecule has 1 aromatic carbocycles. The van der Waals surface area contributed by atoms with Crippen LogP contribution in [-0.4, -0.2) is 36.4 Å². The van der Waals surface area contributed by atoms with E-state index in [9.17, 15) is 13.2 Å². The van der Waals surface area contributed by atoms with Crippen LogP contribution in [-0.2, 0) is 14.8 Å². The predicted octanol–water partition coefficient (Wildman–Crippen LogP) is 1.56. The SMILES string of the molecule is N#Cc1c(Br)cccc1S(=O)(=O)N1CCC[C@@H]1C(=O)O. The molecule has 0 amide bonds. The highest BCUT2D eigenvalue weighted by Crippen LogP contribution is 2.30. The van der Waals surface area contributed by atoms with Crippen LogP contribution in [0, 0.1) is 11.3 Å². The zero-order valence-corrected chi connectivity index (χ0v) is 12.7. The van der Waals surface area contributed by atoms with Crippen LogP contribution in [0.3, 0.4) is 0 Å². The van der Waals surface area contributed by atoms with Crippen molar-refractivity contribution < 1.29 is 18.3 Å². The number of hydrogen-bond acceptors (Lipinski definition) is 4. The third kappa shape index (κ3) is 2.44. The van der Waals surface area contributed by atoms with Gasteiger partial charge in [0.05, 0.1) is 5.56 Å². The van der Waals surface area contributed by atoms with E-state index in [2.05, 4.69) is 15.9 Å². The van der Waals surface area contributed by atoms with Crippen molar-refractivity contribution in [1.29, 1.82) is 5.26 Å². The molecule has 0 radical (unpaired) electrons. The molecule has 1 heterocycles. The van der Waals surface area contributed by atoms with Crippen molar-refractivity contribution in [2.24, 2.45) is 0 Å². The Morgan fingerprint density at radius 2 is 2.20 bits per heavy atom. The lowest BCUT2D eigenvalue weighted by atomic mass is 10.2. The highest BCUT2D eigenvalue weighted by molar-refractivity contribution is 9.10. The number of aliphatic carboxylic acids is 1. The highest BCUT2D eigenvalue weighted by atomic mass is 79.9. The minimum Gasteiger partial charge on any atom is -0.480 e. The number of benzene rings is 1. The Bertz CT molecular complexity index is 696. The van der Waals surface area contributed by atoms with Crippen molar-refractivity contribution in [3.05, 3.63) is 28.2 Å². The Kier molecular flexibility index (Phi) is 4.13. The van der Waals surface area contributed by atoms with Crippen LogP contribution in [0.2, 0.25) is 0 Å². The standard InChI is InChI=1S/C12H11BrN2O4S/c13-9-3-1-5-11(8(9)7-14)20(18,19)15-6-2-4-10(15)12(16)17/h1,3,5,10H,2,4,6H2,(H,16,17)/t10-/m1/s1. The first kappa shape index (κ1) is 15.0. The Morgan fingerprint density at radius 1 is 1.50 bits per heavy atom. The fraction of sp³-hybridized carbons (Fsp3) is 0.333. The van der Waals surface area contributed by atoms with E-state index < -0.39 is 22.0 Å². The molecule has 1 aromatic rings. The summed E-state index contributed by atoms with van der Waals surface area (Å²) in [4.78, 5) is 11.0. The molecule has 1 saturated heterocycles. The quantitative estimate of drug-likeness (QED) is 0.883. The molecule has 0 saturated carbocycles. The summed E-state index contributed by atoms with van der Waals surface area (Å²) in [6.07, 6.45) is 0.774. The summed E-state index contributed by atoms with van der Waals surface area (Å²) in [5.74, 6) is -1.17. The molecule has 8 heteroatoms. The van der Waals surface area contributed by atoms with E-state index >= 15 is 0 Å². The van der Waals surface area contributed by atoms with Crippen molar-refractivity contribution in [2.75, 3.05) is 6.54 Å². The van der Waals surface area contributed by atoms with Crippen molar-refractivity contribution in [3.63, 3.8) is 0 Å². The molecule has 1 aliphatic heterocycles. The predicted molar refractivity (Wildman–Crippen MR) is 73.4 cm³/mol. The molecule has 106 valence electrons. The van der Waals surface area contributed by atoms with Crippen LogP contribution >= 0.6 is 15.9 Å². The molecule has 1 atom stereocenters. The second-order valence-electron chi connectivity index (χ2n) is 4.34. The van der Waals surface area contributed by atoms with Crippen molar-refractivity contribution >= 4 is 31.9 Å². The van der Waals surface area contributed by atoms with Crippen LogP contribution < -0.4 is 0 Å². The smallest absolute Gasteiger partial charge is 0.322 e. The van der Waals surface area contributed by atoms with Gasteiger partial charge in [-0.1, -0.05) is 6.07 Å². The fourth-order valence-electron chi connectivity index (χ4n) is 2.23. The summed E-state index contributed by atoms with van der Waals surface area (Å²) in [6, 6.07) is 5.16. The zero-order chi connectivity index (χ0) is 14.9. The molecule has 0 aromatic heterocycles. The van der Waals surface area contributed by atoms with Gasteiger partial charge in [-0.15, -0.1) is 0 Å². The number of hydrogen-bond donors (Lipinski definition) is 1. The lowest BCUT2D eigenvalue weighted by molar-refractivity contribution is -0.140. The number of rotatable bonds is 3. The molecular weight excluding hydrogens is 348 g/mol. The normalized spacial score (nSPS) is 19.7. The average molecular weight is 359 g/mol. The summed E-state index contributed by atoms with van der Waals surface area (Å²) in [6.45, 7) is 0.149. The average Bonchev–Trinajstić information content (AvgIpc) is 2.88. The molecule has 20 heavy (non-hydrogen) atoms. The van der Waals surface area contributed by atoms with Gasteiger partial charge >= 0.3 is 5.97 Å². The number of halogens is 1. The van der Waals surface area contributed by atoms with Gasteiger partial charge in [-0.25, -0.2) is 8.42 Å². The molecular formula is C12H11BrN2O4S. The van der Waals surface area contributed by atoms with Gasteiger partial charge in [0.1, 0.15) is 17.0 Å². The van der Waals surface area contributed by atoms with Crippen LogP contribution in [0.1, 0.15) is 18.4 Å². The Labute approximate surface area is 124 Å². The second-order valence-corrected chi connectivity index (χ2v) is 7.05. The second kappa shape index (κ2) is 5.52.